The number of nitrogens with zero attached hydrogens (tertiary/aromatic N) is 2. The van der Waals surface area contributed by atoms with Crippen molar-refractivity contribution in [3.63, 3.8) is 0 Å². The van der Waals surface area contributed by atoms with E-state index >= 15 is 0 Å². The minimum Gasteiger partial charge on any atom is -0.497 e. The predicted octanol–water partition coefficient (Wildman–Crippen LogP) is 1.69. The lowest BCUT2D eigenvalue weighted by atomic mass is 10.0. The molecule has 0 unspecified atom stereocenters. The lowest BCUT2D eigenvalue weighted by molar-refractivity contribution is 0.0686. The van der Waals surface area contributed by atoms with Crippen LogP contribution in [-0.2, 0) is 13.7 Å². The summed E-state index contributed by atoms with van der Waals surface area (Å²) in [5.74, 6) is 0.341. The van der Waals surface area contributed by atoms with E-state index in [2.05, 4.69) is 5.10 Å². The number of carbonyl (C=O) groups is 1. The summed E-state index contributed by atoms with van der Waals surface area (Å²) in [6.07, 6.45) is 0. The predicted molar refractivity (Wildman–Crippen MR) is 66.5 cm³/mol. The van der Waals surface area contributed by atoms with E-state index in [0.29, 0.717) is 17.1 Å². The van der Waals surface area contributed by atoms with Crippen molar-refractivity contribution in [2.24, 2.45) is 7.05 Å². The zero-order valence-corrected chi connectivity index (χ0v) is 10.5. The largest absolute Gasteiger partial charge is 0.497 e. The molecule has 0 atom stereocenters. The van der Waals surface area contributed by atoms with Crippen LogP contribution < -0.4 is 9.47 Å². The first-order valence-corrected chi connectivity index (χ1v) is 5.72. The molecular weight excluding hydrogens is 248 g/mol. The smallest absolute Gasteiger partial charge is 0.356 e. The number of aromatic carboxylic acids is 1. The van der Waals surface area contributed by atoms with E-state index < -0.39 is 5.97 Å². The van der Waals surface area contributed by atoms with Gasteiger partial charge in [0.25, 0.3) is 0 Å². The van der Waals surface area contributed by atoms with Gasteiger partial charge in [-0.25, -0.2) is 4.79 Å². The van der Waals surface area contributed by atoms with Gasteiger partial charge in [-0.1, -0.05) is 0 Å². The van der Waals surface area contributed by atoms with Crippen molar-refractivity contribution >= 4 is 5.97 Å². The topological polar surface area (TPSA) is 73.6 Å². The van der Waals surface area contributed by atoms with Gasteiger partial charge in [0.15, 0.2) is 5.69 Å². The van der Waals surface area contributed by atoms with Crippen molar-refractivity contribution in [1.29, 1.82) is 0 Å². The van der Waals surface area contributed by atoms with Crippen LogP contribution in [0.25, 0.3) is 11.3 Å². The fourth-order valence-electron chi connectivity index (χ4n) is 2.31. The number of hydrogen-bond donors (Lipinski definition) is 1. The number of hydrogen-bond acceptors (Lipinski definition) is 4. The van der Waals surface area contributed by atoms with Crippen molar-refractivity contribution in [3.05, 3.63) is 29.5 Å². The highest BCUT2D eigenvalue weighted by Gasteiger charge is 2.28. The molecule has 3 rings (SSSR count). The van der Waals surface area contributed by atoms with Gasteiger partial charge in [0.05, 0.1) is 18.4 Å². The zero-order valence-electron chi connectivity index (χ0n) is 10.5. The SMILES string of the molecule is COc1ccc2c(c1)-c1c(c(C(=O)O)nn1C)CO2. The molecule has 0 spiro atoms. The minimum atomic E-state index is -1.05. The van der Waals surface area contributed by atoms with Crippen molar-refractivity contribution in [2.45, 2.75) is 6.61 Å². The maximum atomic E-state index is 11.2. The van der Waals surface area contributed by atoms with Crippen molar-refractivity contribution in [2.75, 3.05) is 7.11 Å². The van der Waals surface area contributed by atoms with E-state index in [-0.39, 0.29) is 12.3 Å². The second kappa shape index (κ2) is 4.01. The first-order chi connectivity index (χ1) is 9.11. The van der Waals surface area contributed by atoms with Gasteiger partial charge in [-0.3, -0.25) is 4.68 Å². The van der Waals surface area contributed by atoms with Crippen LogP contribution >= 0.6 is 0 Å². The number of ether oxygens (including phenoxy) is 2. The molecule has 0 aliphatic carbocycles. The van der Waals surface area contributed by atoms with E-state index in [0.717, 1.165) is 11.3 Å². The van der Waals surface area contributed by atoms with Crippen LogP contribution in [0, 0.1) is 0 Å². The Morgan fingerprint density at radius 2 is 2.32 bits per heavy atom. The van der Waals surface area contributed by atoms with E-state index in [1.54, 1.807) is 24.9 Å². The lowest BCUT2D eigenvalue weighted by Crippen LogP contribution is -2.09. The van der Waals surface area contributed by atoms with Crippen LogP contribution in [0.3, 0.4) is 0 Å². The quantitative estimate of drug-likeness (QED) is 0.889. The van der Waals surface area contributed by atoms with E-state index in [1.807, 2.05) is 12.1 Å². The molecule has 1 aromatic heterocycles. The highest BCUT2D eigenvalue weighted by atomic mass is 16.5. The summed E-state index contributed by atoms with van der Waals surface area (Å²) in [6.45, 7) is 0.212. The highest BCUT2D eigenvalue weighted by molar-refractivity contribution is 5.90. The number of aromatic nitrogens is 2. The molecule has 0 bridgehead atoms. The molecule has 1 aliphatic heterocycles. The van der Waals surface area contributed by atoms with Crippen LogP contribution in [0.5, 0.6) is 11.5 Å². The molecule has 0 saturated heterocycles. The molecule has 19 heavy (non-hydrogen) atoms. The van der Waals surface area contributed by atoms with Crippen LogP contribution in [-0.4, -0.2) is 28.0 Å². The molecule has 0 radical (unpaired) electrons. The summed E-state index contributed by atoms with van der Waals surface area (Å²) < 4.78 is 12.3. The monoisotopic (exact) mass is 260 g/mol. The van der Waals surface area contributed by atoms with Crippen LogP contribution in [0.1, 0.15) is 16.1 Å². The van der Waals surface area contributed by atoms with Gasteiger partial charge in [0, 0.05) is 12.6 Å². The zero-order chi connectivity index (χ0) is 13.6. The fraction of sp³-hybridized carbons (Fsp3) is 0.231. The van der Waals surface area contributed by atoms with Gasteiger partial charge < -0.3 is 14.6 Å². The molecule has 2 aromatic rings. The van der Waals surface area contributed by atoms with Crippen LogP contribution in [0.4, 0.5) is 0 Å². The normalized spacial score (nSPS) is 12.3. The molecule has 6 nitrogen and oxygen atoms in total. The second-order valence-corrected chi connectivity index (χ2v) is 4.26. The van der Waals surface area contributed by atoms with E-state index in [4.69, 9.17) is 14.6 Å². The Bertz CT molecular complexity index is 676. The Kier molecular flexibility index (Phi) is 2.45. The average Bonchev–Trinajstić information content (AvgIpc) is 2.76. The van der Waals surface area contributed by atoms with Gasteiger partial charge >= 0.3 is 5.97 Å². The van der Waals surface area contributed by atoms with Crippen molar-refractivity contribution in [1.82, 2.24) is 9.78 Å². The van der Waals surface area contributed by atoms with Gasteiger partial charge in [0.1, 0.15) is 18.1 Å². The summed E-state index contributed by atoms with van der Waals surface area (Å²) in [4.78, 5) is 11.2. The van der Waals surface area contributed by atoms with Gasteiger partial charge in [-0.15, -0.1) is 0 Å². The Balaban J connectivity index is 2.26. The molecule has 1 N–H and O–H groups in total. The Labute approximate surface area is 109 Å². The number of methoxy groups -OCH3 is 1. The molecular formula is C13H12N2O4. The molecule has 1 aromatic carbocycles. The standard InChI is InChI=1S/C13H12N2O4/c1-15-12-8-5-7(18-2)3-4-10(8)19-6-9(12)11(14-15)13(16)17/h3-5H,6H2,1-2H3,(H,16,17). The van der Waals surface area contributed by atoms with Gasteiger partial charge in [-0.05, 0) is 18.2 Å². The Morgan fingerprint density at radius 3 is 3.00 bits per heavy atom. The van der Waals surface area contributed by atoms with E-state index in [1.165, 1.54) is 0 Å². The summed E-state index contributed by atoms with van der Waals surface area (Å²) in [6, 6.07) is 5.43. The third-order valence-corrected chi connectivity index (χ3v) is 3.16. The van der Waals surface area contributed by atoms with Crippen LogP contribution in [0.15, 0.2) is 18.2 Å². The highest BCUT2D eigenvalue weighted by Crippen LogP contribution is 2.40. The van der Waals surface area contributed by atoms with Gasteiger partial charge in [0.2, 0.25) is 0 Å². The Hall–Kier alpha value is -2.50. The summed E-state index contributed by atoms with van der Waals surface area (Å²) >= 11 is 0. The number of carboxylic acids is 1. The average molecular weight is 260 g/mol. The summed E-state index contributed by atoms with van der Waals surface area (Å²) in [5.41, 5.74) is 2.18. The molecule has 2 heterocycles. The third kappa shape index (κ3) is 1.64. The summed E-state index contributed by atoms with van der Waals surface area (Å²) in [7, 11) is 3.30. The number of rotatable bonds is 2. The Morgan fingerprint density at radius 1 is 1.53 bits per heavy atom. The number of carboxylic acid groups (broad SMARTS) is 1. The molecule has 1 aliphatic rings. The molecule has 0 fully saturated rings. The number of fused-ring (bicyclic) bond motifs is 3. The first kappa shape index (κ1) is 11.6. The van der Waals surface area contributed by atoms with Crippen LogP contribution in [0.2, 0.25) is 0 Å². The summed E-state index contributed by atoms with van der Waals surface area (Å²) in [5, 5.41) is 13.2. The fourth-order valence-corrected chi connectivity index (χ4v) is 2.31. The van der Waals surface area contributed by atoms with Gasteiger partial charge in [-0.2, -0.15) is 5.10 Å². The second-order valence-electron chi connectivity index (χ2n) is 4.26. The van der Waals surface area contributed by atoms with Crippen molar-refractivity contribution in [3.8, 4) is 22.8 Å². The minimum absolute atomic E-state index is 0.0333. The molecule has 0 amide bonds. The lowest BCUT2D eigenvalue weighted by Gasteiger charge is -2.19. The molecule has 98 valence electrons. The number of aryl methyl sites for hydroxylation is 1. The van der Waals surface area contributed by atoms with E-state index in [9.17, 15) is 4.79 Å². The first-order valence-electron chi connectivity index (χ1n) is 5.72. The third-order valence-electron chi connectivity index (χ3n) is 3.16. The van der Waals surface area contributed by atoms with Crippen molar-refractivity contribution < 1.29 is 19.4 Å². The maximum Gasteiger partial charge on any atom is 0.356 e. The maximum absolute atomic E-state index is 11.2. The molecule has 6 heteroatoms. The number of benzene rings is 1. The molecule has 0 saturated carbocycles.